The number of rotatable bonds is 7. The SMILES string of the molecule is CCCCC(=O)c1cc(C(=O)O)c2cc(Cc3ccc(F)cc3)cnc2c1O. The van der Waals surface area contributed by atoms with Crippen LogP contribution in [0, 0.1) is 5.82 Å². The molecule has 0 saturated heterocycles. The number of carbonyl (C=O) groups excluding carboxylic acids is 1. The number of phenolic OH excluding ortho intramolecular Hbond substituents is 1. The summed E-state index contributed by atoms with van der Waals surface area (Å²) < 4.78 is 13.1. The molecule has 144 valence electrons. The lowest BCUT2D eigenvalue weighted by atomic mass is 9.96. The maximum Gasteiger partial charge on any atom is 0.336 e. The van der Waals surface area contributed by atoms with E-state index in [9.17, 15) is 24.2 Å². The predicted octanol–water partition coefficient (Wildman–Crippen LogP) is 4.74. The number of nitrogens with zero attached hydrogens (tertiary/aromatic N) is 1. The Morgan fingerprint density at radius 1 is 1.07 bits per heavy atom. The molecule has 0 radical (unpaired) electrons. The molecular formula is C22H20FNO4. The van der Waals surface area contributed by atoms with Gasteiger partial charge in [-0.3, -0.25) is 9.78 Å². The molecule has 6 heteroatoms. The van der Waals surface area contributed by atoms with Crippen molar-refractivity contribution in [2.24, 2.45) is 0 Å². The van der Waals surface area contributed by atoms with Gasteiger partial charge in [0.25, 0.3) is 0 Å². The molecule has 0 saturated carbocycles. The first-order valence-electron chi connectivity index (χ1n) is 9.06. The van der Waals surface area contributed by atoms with Crippen LogP contribution in [0.4, 0.5) is 4.39 Å². The van der Waals surface area contributed by atoms with E-state index in [0.29, 0.717) is 18.4 Å². The third kappa shape index (κ3) is 4.01. The topological polar surface area (TPSA) is 87.5 Å². The zero-order valence-corrected chi connectivity index (χ0v) is 15.4. The summed E-state index contributed by atoms with van der Waals surface area (Å²) in [5.74, 6) is -2.13. The highest BCUT2D eigenvalue weighted by Gasteiger charge is 2.21. The fraction of sp³-hybridized carbons (Fsp3) is 0.227. The second kappa shape index (κ2) is 8.17. The minimum Gasteiger partial charge on any atom is -0.505 e. The summed E-state index contributed by atoms with van der Waals surface area (Å²) in [7, 11) is 0. The lowest BCUT2D eigenvalue weighted by molar-refractivity contribution is 0.0699. The fourth-order valence-corrected chi connectivity index (χ4v) is 3.12. The van der Waals surface area contributed by atoms with Gasteiger partial charge in [-0.1, -0.05) is 25.5 Å². The Hall–Kier alpha value is -3.28. The van der Waals surface area contributed by atoms with Gasteiger partial charge in [0.05, 0.1) is 11.1 Å². The van der Waals surface area contributed by atoms with Crippen LogP contribution >= 0.6 is 0 Å². The lowest BCUT2D eigenvalue weighted by Gasteiger charge is -2.11. The number of hydrogen-bond donors (Lipinski definition) is 2. The number of aromatic nitrogens is 1. The molecule has 0 bridgehead atoms. The largest absolute Gasteiger partial charge is 0.505 e. The van der Waals surface area contributed by atoms with E-state index in [0.717, 1.165) is 12.0 Å². The van der Waals surface area contributed by atoms with Crippen LogP contribution in [-0.2, 0) is 6.42 Å². The van der Waals surface area contributed by atoms with Gasteiger partial charge in [-0.15, -0.1) is 0 Å². The number of phenols is 1. The fourth-order valence-electron chi connectivity index (χ4n) is 3.12. The maximum atomic E-state index is 13.1. The van der Waals surface area contributed by atoms with E-state index in [1.165, 1.54) is 24.4 Å². The molecule has 0 unspecified atom stereocenters. The van der Waals surface area contributed by atoms with E-state index >= 15 is 0 Å². The molecule has 0 atom stereocenters. The van der Waals surface area contributed by atoms with Gasteiger partial charge in [-0.25, -0.2) is 9.18 Å². The Morgan fingerprint density at radius 3 is 2.43 bits per heavy atom. The Bertz CT molecular complexity index is 1040. The van der Waals surface area contributed by atoms with Gasteiger partial charge in [0.15, 0.2) is 11.5 Å². The number of carbonyl (C=O) groups is 2. The average Bonchev–Trinajstić information content (AvgIpc) is 2.68. The number of carboxylic acids is 1. The van der Waals surface area contributed by atoms with E-state index in [-0.39, 0.29) is 45.8 Å². The van der Waals surface area contributed by atoms with Crippen LogP contribution in [0.3, 0.4) is 0 Å². The quantitative estimate of drug-likeness (QED) is 0.577. The van der Waals surface area contributed by atoms with Crippen molar-refractivity contribution in [3.8, 4) is 5.75 Å². The van der Waals surface area contributed by atoms with Gasteiger partial charge >= 0.3 is 5.97 Å². The molecule has 5 nitrogen and oxygen atoms in total. The number of benzene rings is 2. The lowest BCUT2D eigenvalue weighted by Crippen LogP contribution is -2.06. The smallest absolute Gasteiger partial charge is 0.336 e. The highest BCUT2D eigenvalue weighted by atomic mass is 19.1. The van der Waals surface area contributed by atoms with Crippen LogP contribution < -0.4 is 0 Å². The summed E-state index contributed by atoms with van der Waals surface area (Å²) in [6.07, 6.45) is 3.66. The molecule has 2 N–H and O–H groups in total. The van der Waals surface area contributed by atoms with Crippen molar-refractivity contribution in [3.63, 3.8) is 0 Å². The highest BCUT2D eigenvalue weighted by Crippen LogP contribution is 2.32. The first-order chi connectivity index (χ1) is 13.4. The Morgan fingerprint density at radius 2 is 1.79 bits per heavy atom. The Kier molecular flexibility index (Phi) is 5.68. The van der Waals surface area contributed by atoms with E-state index < -0.39 is 5.97 Å². The van der Waals surface area contributed by atoms with Crippen LogP contribution in [0.5, 0.6) is 5.75 Å². The molecule has 0 fully saturated rings. The standard InChI is InChI=1S/C22H20FNO4/c1-2-3-4-19(25)18-11-17(22(27)28)16-10-14(12-24-20(16)21(18)26)9-13-5-7-15(23)8-6-13/h5-8,10-12,26H,2-4,9H2,1H3,(H,27,28). The number of ketones is 1. The number of aromatic carboxylic acids is 1. The van der Waals surface area contributed by atoms with Gasteiger partial charge in [0.1, 0.15) is 11.3 Å². The number of Topliss-reactive ketones (excluding diaryl/α,β-unsaturated/α-hetero) is 1. The molecule has 0 aliphatic heterocycles. The van der Waals surface area contributed by atoms with E-state index in [1.54, 1.807) is 18.2 Å². The van der Waals surface area contributed by atoms with E-state index in [1.807, 2.05) is 6.92 Å². The van der Waals surface area contributed by atoms with Gasteiger partial charge < -0.3 is 10.2 Å². The molecule has 0 aliphatic rings. The number of carboxylic acid groups (broad SMARTS) is 1. The number of hydrogen-bond acceptors (Lipinski definition) is 4. The molecule has 2 aromatic carbocycles. The summed E-state index contributed by atoms with van der Waals surface area (Å²) in [5.41, 5.74) is 1.54. The molecule has 3 aromatic rings. The molecular weight excluding hydrogens is 361 g/mol. The Labute approximate surface area is 161 Å². The van der Waals surface area contributed by atoms with Crippen LogP contribution in [0.1, 0.15) is 58.0 Å². The summed E-state index contributed by atoms with van der Waals surface area (Å²) in [5, 5.41) is 20.4. The summed E-state index contributed by atoms with van der Waals surface area (Å²) in [4.78, 5) is 28.3. The van der Waals surface area contributed by atoms with Crippen molar-refractivity contribution in [1.82, 2.24) is 4.98 Å². The summed E-state index contributed by atoms with van der Waals surface area (Å²) in [6.45, 7) is 1.94. The second-order valence-corrected chi connectivity index (χ2v) is 6.70. The normalized spacial score (nSPS) is 10.9. The molecule has 1 aromatic heterocycles. The van der Waals surface area contributed by atoms with Crippen molar-refractivity contribution >= 4 is 22.7 Å². The molecule has 0 aliphatic carbocycles. The number of fused-ring (bicyclic) bond motifs is 1. The van der Waals surface area contributed by atoms with Crippen LogP contribution in [0.25, 0.3) is 10.9 Å². The van der Waals surface area contributed by atoms with Crippen molar-refractivity contribution in [1.29, 1.82) is 0 Å². The van der Waals surface area contributed by atoms with Crippen molar-refractivity contribution < 1.29 is 24.2 Å². The zero-order valence-electron chi connectivity index (χ0n) is 15.4. The predicted molar refractivity (Wildman–Crippen MR) is 103 cm³/mol. The van der Waals surface area contributed by atoms with Gasteiger partial charge in [-0.05, 0) is 48.2 Å². The van der Waals surface area contributed by atoms with Gasteiger partial charge in [0, 0.05) is 18.0 Å². The first-order valence-corrected chi connectivity index (χ1v) is 9.06. The maximum absolute atomic E-state index is 13.1. The summed E-state index contributed by atoms with van der Waals surface area (Å²) in [6, 6.07) is 8.85. The van der Waals surface area contributed by atoms with Gasteiger partial charge in [0.2, 0.25) is 0 Å². The third-order valence-electron chi connectivity index (χ3n) is 4.61. The second-order valence-electron chi connectivity index (χ2n) is 6.70. The Balaban J connectivity index is 2.07. The van der Waals surface area contributed by atoms with E-state index in [4.69, 9.17) is 0 Å². The van der Waals surface area contributed by atoms with Crippen LogP contribution in [0.2, 0.25) is 0 Å². The number of halogens is 1. The van der Waals surface area contributed by atoms with Crippen LogP contribution in [-0.4, -0.2) is 26.9 Å². The van der Waals surface area contributed by atoms with Crippen molar-refractivity contribution in [2.45, 2.75) is 32.6 Å². The third-order valence-corrected chi connectivity index (χ3v) is 4.61. The van der Waals surface area contributed by atoms with E-state index in [2.05, 4.69) is 4.98 Å². The van der Waals surface area contributed by atoms with Crippen molar-refractivity contribution in [3.05, 3.63) is 70.7 Å². The number of pyridine rings is 1. The number of aromatic hydroxyl groups is 1. The van der Waals surface area contributed by atoms with Gasteiger partial charge in [-0.2, -0.15) is 0 Å². The minimum atomic E-state index is -1.20. The first kappa shape index (κ1) is 19.5. The number of unbranched alkanes of at least 4 members (excludes halogenated alkanes) is 1. The minimum absolute atomic E-state index is 0.0165. The zero-order chi connectivity index (χ0) is 20.3. The summed E-state index contributed by atoms with van der Waals surface area (Å²) >= 11 is 0. The molecule has 0 spiro atoms. The van der Waals surface area contributed by atoms with Crippen molar-refractivity contribution in [2.75, 3.05) is 0 Å². The molecule has 28 heavy (non-hydrogen) atoms. The molecule has 3 rings (SSSR count). The highest BCUT2D eigenvalue weighted by molar-refractivity contribution is 6.11. The average molecular weight is 381 g/mol. The van der Waals surface area contributed by atoms with Crippen LogP contribution in [0.15, 0.2) is 42.6 Å². The monoisotopic (exact) mass is 381 g/mol. The molecule has 0 amide bonds. The molecule has 1 heterocycles.